The number of para-hydroxylation sites is 4. The summed E-state index contributed by atoms with van der Waals surface area (Å²) in [5, 5.41) is 24.3. The van der Waals surface area contributed by atoms with Crippen LogP contribution in [0.3, 0.4) is 0 Å². The second kappa shape index (κ2) is 15.9. The second-order valence-electron chi connectivity index (χ2n) is 22.7. The summed E-state index contributed by atoms with van der Waals surface area (Å²) in [6.07, 6.45) is 19.3. The van der Waals surface area contributed by atoms with E-state index in [-0.39, 0.29) is 12.6 Å². The molecule has 0 saturated heterocycles. The molecule has 0 spiro atoms. The van der Waals surface area contributed by atoms with Gasteiger partial charge in [-0.05, 0) is 142 Å². The summed E-state index contributed by atoms with van der Waals surface area (Å²) in [6, 6.07) is 71.2. The number of nitrogens with zero attached hydrogens (tertiary/aromatic N) is 5. The maximum Gasteiger partial charge on any atom is 0.250 e. The fourth-order valence-corrected chi connectivity index (χ4v) is 15.7. The van der Waals surface area contributed by atoms with Crippen LogP contribution in [0.15, 0.2) is 265 Å². The molecule has 1 atom stereocenters. The number of benzene rings is 11. The van der Waals surface area contributed by atoms with Gasteiger partial charge in [-0.25, -0.2) is 4.85 Å². The van der Waals surface area contributed by atoms with Crippen molar-refractivity contribution in [2.24, 2.45) is 5.92 Å². The van der Waals surface area contributed by atoms with Crippen LogP contribution in [0.1, 0.15) is 17.5 Å². The van der Waals surface area contributed by atoms with E-state index in [1.54, 1.807) is 0 Å². The first kappa shape index (κ1) is 44.0. The highest BCUT2D eigenvalue weighted by molar-refractivity contribution is 7.00. The van der Waals surface area contributed by atoms with E-state index < -0.39 is 0 Å². The SMILES string of the molecule is [C-]#[N+]c1c(N(c2ccc(C3=C4C=CC5=C6C(=CC=C(C=C3)C46)CC=C5)cc2)c2ccc(-c3ccc4ccc5cccc6ccc3c4c56)cc2)c(C#N)c2c3c1-n1c4ccccc4c4cccc(c41)B3c1cccc3c4ccccc4n-2c13. The van der Waals surface area contributed by atoms with Crippen LogP contribution in [-0.2, 0) is 0 Å². The number of hydrogen-bond acceptors (Lipinski definition) is 2. The normalized spacial score (nSPS) is 16.0. The molecule has 4 heterocycles. The summed E-state index contributed by atoms with van der Waals surface area (Å²) in [5.41, 5.74) is 23.6. The number of allylic oxidation sites excluding steroid dienone is 14. The van der Waals surface area contributed by atoms with Crippen molar-refractivity contribution in [2.45, 2.75) is 6.42 Å². The predicted molar refractivity (Wildman–Crippen MR) is 340 cm³/mol. The van der Waals surface area contributed by atoms with Crippen molar-refractivity contribution in [3.8, 4) is 28.6 Å². The van der Waals surface area contributed by atoms with E-state index in [9.17, 15) is 11.8 Å². The smallest absolute Gasteiger partial charge is 0.250 e. The summed E-state index contributed by atoms with van der Waals surface area (Å²) >= 11 is 0. The third-order valence-corrected chi connectivity index (χ3v) is 19.0. The molecule has 0 radical (unpaired) electrons. The van der Waals surface area contributed by atoms with E-state index in [2.05, 4.69) is 257 Å². The van der Waals surface area contributed by atoms with Crippen molar-refractivity contribution in [1.29, 1.82) is 5.26 Å². The van der Waals surface area contributed by atoms with Gasteiger partial charge in [0.2, 0.25) is 5.69 Å². The van der Waals surface area contributed by atoms with Crippen LogP contribution in [0.4, 0.5) is 22.7 Å². The van der Waals surface area contributed by atoms with Gasteiger partial charge in [0.1, 0.15) is 6.07 Å². The average Bonchev–Trinajstić information content (AvgIpc) is 1.65. The third kappa shape index (κ3) is 5.51. The molecule has 82 heavy (non-hydrogen) atoms. The van der Waals surface area contributed by atoms with Gasteiger partial charge in [-0.1, -0.05) is 200 Å². The summed E-state index contributed by atoms with van der Waals surface area (Å²) in [7, 11) is 0. The van der Waals surface area contributed by atoms with Gasteiger partial charge in [-0.15, -0.1) is 0 Å². The molecule has 0 saturated carbocycles. The van der Waals surface area contributed by atoms with E-state index in [1.165, 1.54) is 76.7 Å². The minimum atomic E-state index is -0.251. The maximum atomic E-state index is 12.3. The number of fused-ring (bicyclic) bond motifs is 10. The lowest BCUT2D eigenvalue weighted by molar-refractivity contribution is 0.835. The lowest BCUT2D eigenvalue weighted by Crippen LogP contribution is -2.59. The minimum absolute atomic E-state index is 0.187. The van der Waals surface area contributed by atoms with Gasteiger partial charge in [0, 0.05) is 49.9 Å². The molecule has 2 aromatic heterocycles. The largest absolute Gasteiger partial charge is 0.320 e. The Bertz CT molecular complexity index is 5320. The Morgan fingerprint density at radius 1 is 0.549 bits per heavy atom. The molecule has 6 aliphatic rings. The number of nitriles is 1. The average molecular weight is 1040 g/mol. The van der Waals surface area contributed by atoms with Gasteiger partial charge in [0.15, 0.2) is 0 Å². The van der Waals surface area contributed by atoms with Gasteiger partial charge in [0.05, 0.1) is 40.2 Å². The molecule has 2 aliphatic heterocycles. The van der Waals surface area contributed by atoms with Crippen LogP contribution in [0, 0.1) is 23.8 Å². The Hall–Kier alpha value is -10.9. The zero-order valence-electron chi connectivity index (χ0n) is 44.1. The molecule has 0 amide bonds. The van der Waals surface area contributed by atoms with Crippen LogP contribution in [0.2, 0.25) is 0 Å². The predicted octanol–water partition coefficient (Wildman–Crippen LogP) is 17.1. The number of anilines is 3. The van der Waals surface area contributed by atoms with Gasteiger partial charge in [0.25, 0.3) is 6.71 Å². The molecular weight excluding hydrogens is 994 g/mol. The summed E-state index contributed by atoms with van der Waals surface area (Å²) in [6.45, 7) is 9.37. The number of rotatable bonds is 5. The van der Waals surface area contributed by atoms with Crippen molar-refractivity contribution in [1.82, 2.24) is 9.13 Å². The van der Waals surface area contributed by atoms with Crippen molar-refractivity contribution >= 4 is 127 Å². The Balaban J connectivity index is 0.891. The van der Waals surface area contributed by atoms with Gasteiger partial charge in [-0.3, -0.25) is 0 Å². The Kier molecular flexibility index (Phi) is 8.53. The zero-order valence-corrected chi connectivity index (χ0v) is 44.1. The van der Waals surface area contributed by atoms with Gasteiger partial charge >= 0.3 is 0 Å². The summed E-state index contributed by atoms with van der Waals surface area (Å²) < 4.78 is 4.72. The topological polar surface area (TPSA) is 41.2 Å². The monoisotopic (exact) mass is 1040 g/mol. The molecule has 374 valence electrons. The molecular formula is C76H42BN5. The molecule has 4 aliphatic carbocycles. The summed E-state index contributed by atoms with van der Waals surface area (Å²) in [4.78, 5) is 6.92. The van der Waals surface area contributed by atoms with Crippen LogP contribution < -0.4 is 21.3 Å². The van der Waals surface area contributed by atoms with E-state index in [4.69, 9.17) is 4.85 Å². The number of aromatic nitrogens is 2. The van der Waals surface area contributed by atoms with E-state index in [0.717, 1.165) is 94.9 Å². The molecule has 13 aromatic rings. The fraction of sp³-hybridized carbons (Fsp3) is 0.0263. The Morgan fingerprint density at radius 3 is 1.87 bits per heavy atom. The highest BCUT2D eigenvalue weighted by atomic mass is 15.2. The maximum absolute atomic E-state index is 12.3. The quantitative estimate of drug-likeness (QED) is 0.0979. The van der Waals surface area contributed by atoms with Crippen molar-refractivity contribution < 1.29 is 0 Å². The zero-order chi connectivity index (χ0) is 53.6. The fourth-order valence-electron chi connectivity index (χ4n) is 15.7. The third-order valence-electron chi connectivity index (χ3n) is 19.0. The highest BCUT2D eigenvalue weighted by Crippen LogP contribution is 2.54. The van der Waals surface area contributed by atoms with Crippen molar-refractivity contribution in [2.75, 3.05) is 4.90 Å². The van der Waals surface area contributed by atoms with Crippen molar-refractivity contribution in [3.05, 3.63) is 287 Å². The van der Waals surface area contributed by atoms with Gasteiger partial charge in [-0.2, -0.15) is 5.26 Å². The lowest BCUT2D eigenvalue weighted by Gasteiger charge is -2.38. The molecule has 5 nitrogen and oxygen atoms in total. The Labute approximate surface area is 472 Å². The standard InChI is InChI=1S/C76H42BN5/c1-79-71-75(61(42-78)74-70-76(71)82-65-21-5-3-15-56(65)60-17-9-19-63(73(60)82)77(70)62-18-8-16-59-55-14-2-4-20-64(55)81(74)72(59)62)80(51-34-26-43(27-35-51)53-38-30-49-24-22-45-10-6-12-47-32-40-57(53)68(49)66(45)47)52-36-28-44(29-37-52)54-39-31-50-25-23-46-11-7-13-48-33-41-58(54)69(50)67(46)48/h2-10,12-41,69H,11H2. The van der Waals surface area contributed by atoms with Gasteiger partial charge < -0.3 is 14.0 Å². The number of hydrogen-bond donors (Lipinski definition) is 0. The molecule has 19 rings (SSSR count). The Morgan fingerprint density at radius 2 is 1.17 bits per heavy atom. The van der Waals surface area contributed by atoms with Crippen LogP contribution in [0.25, 0.3) is 109 Å². The van der Waals surface area contributed by atoms with Crippen LogP contribution in [-0.4, -0.2) is 15.8 Å². The van der Waals surface area contributed by atoms with Crippen LogP contribution in [0.5, 0.6) is 0 Å². The highest BCUT2D eigenvalue weighted by Gasteiger charge is 2.45. The van der Waals surface area contributed by atoms with Crippen LogP contribution >= 0.6 is 0 Å². The summed E-state index contributed by atoms with van der Waals surface area (Å²) in [5.74, 6) is 0.187. The van der Waals surface area contributed by atoms with E-state index in [0.29, 0.717) is 16.9 Å². The molecule has 0 N–H and O–H groups in total. The molecule has 6 heteroatoms. The van der Waals surface area contributed by atoms with E-state index >= 15 is 0 Å². The molecule has 0 fully saturated rings. The first-order valence-electron chi connectivity index (χ1n) is 28.3. The molecule has 11 aromatic carbocycles. The lowest BCUT2D eigenvalue weighted by atomic mass is 9.34. The van der Waals surface area contributed by atoms with Crippen molar-refractivity contribution in [3.63, 3.8) is 0 Å². The minimum Gasteiger partial charge on any atom is -0.320 e. The first-order chi connectivity index (χ1) is 40.6. The molecule has 0 bridgehead atoms. The molecule has 1 unspecified atom stereocenters. The van der Waals surface area contributed by atoms with E-state index in [1.807, 2.05) is 0 Å². The second-order valence-corrected chi connectivity index (χ2v) is 22.7. The first-order valence-corrected chi connectivity index (χ1v) is 28.3.